The van der Waals surface area contributed by atoms with Gasteiger partial charge in [0, 0.05) is 38.4 Å². The molecule has 2 N–H and O–H groups in total. The highest BCUT2D eigenvalue weighted by Gasteiger charge is 2.16. The lowest BCUT2D eigenvalue weighted by Gasteiger charge is -2.31. The Balaban J connectivity index is 1.81. The van der Waals surface area contributed by atoms with Crippen LogP contribution in [-0.4, -0.2) is 43.3 Å². The molecule has 1 aliphatic heterocycles. The molecule has 0 atom stereocenters. The van der Waals surface area contributed by atoms with Crippen LogP contribution < -0.4 is 15.5 Å². The monoisotopic (exact) mass is 333 g/mol. The van der Waals surface area contributed by atoms with E-state index in [4.69, 9.17) is 22.1 Å². The van der Waals surface area contributed by atoms with Crippen LogP contribution in [0.3, 0.4) is 0 Å². The summed E-state index contributed by atoms with van der Waals surface area (Å²) in [5.74, 6) is 0.889. The number of morpholine rings is 1. The average Bonchev–Trinajstić information content (AvgIpc) is 2.55. The van der Waals surface area contributed by atoms with Gasteiger partial charge in [0.25, 0.3) is 0 Å². The van der Waals surface area contributed by atoms with E-state index < -0.39 is 0 Å². The summed E-state index contributed by atoms with van der Waals surface area (Å²) in [7, 11) is 1.97. The van der Waals surface area contributed by atoms with Crippen molar-refractivity contribution in [2.75, 3.05) is 48.9 Å². The highest BCUT2D eigenvalue weighted by Crippen LogP contribution is 2.25. The largest absolute Gasteiger partial charge is 0.378 e. The molecule has 0 bridgehead atoms. The lowest BCUT2D eigenvalue weighted by Crippen LogP contribution is -2.37. The van der Waals surface area contributed by atoms with Gasteiger partial charge < -0.3 is 20.3 Å². The van der Waals surface area contributed by atoms with E-state index in [2.05, 4.69) is 39.1 Å². The molecule has 1 fully saturated rings. The first-order valence-electron chi connectivity index (χ1n) is 7.55. The van der Waals surface area contributed by atoms with Gasteiger partial charge in [-0.2, -0.15) is 4.98 Å². The zero-order valence-corrected chi connectivity index (χ0v) is 13.8. The van der Waals surface area contributed by atoms with Crippen LogP contribution in [0.15, 0.2) is 30.3 Å². The molecular formula is C16H20ClN5O. The number of nitrogen functional groups attached to an aromatic ring is 1. The fraction of sp³-hybridized carbons (Fsp3) is 0.375. The summed E-state index contributed by atoms with van der Waals surface area (Å²) >= 11 is 5.97. The predicted molar refractivity (Wildman–Crippen MR) is 93.0 cm³/mol. The Bertz CT molecular complexity index is 655. The van der Waals surface area contributed by atoms with Crippen LogP contribution in [0.2, 0.25) is 5.15 Å². The van der Waals surface area contributed by atoms with Crippen molar-refractivity contribution in [2.24, 2.45) is 0 Å². The Morgan fingerprint density at radius 2 is 2.00 bits per heavy atom. The summed E-state index contributed by atoms with van der Waals surface area (Å²) in [4.78, 5) is 12.5. The number of aromatic nitrogens is 2. The van der Waals surface area contributed by atoms with Gasteiger partial charge in [-0.05, 0) is 11.6 Å². The van der Waals surface area contributed by atoms with E-state index >= 15 is 0 Å². The van der Waals surface area contributed by atoms with Gasteiger partial charge in [-0.3, -0.25) is 0 Å². The van der Waals surface area contributed by atoms with E-state index in [0.29, 0.717) is 17.5 Å². The third-order valence-electron chi connectivity index (χ3n) is 3.84. The Hall–Kier alpha value is -2.05. The number of benzene rings is 1. The van der Waals surface area contributed by atoms with Crippen LogP contribution in [0, 0.1) is 0 Å². The Labute approximate surface area is 140 Å². The van der Waals surface area contributed by atoms with Crippen molar-refractivity contribution in [3.63, 3.8) is 0 Å². The highest BCUT2D eigenvalue weighted by atomic mass is 35.5. The van der Waals surface area contributed by atoms with Crippen LogP contribution in [0.4, 0.5) is 17.5 Å². The SMILES string of the molecule is CN(Cc1ccccc1N1CCOCC1)c1cc(Cl)nc(N)n1. The molecular weight excluding hydrogens is 314 g/mol. The van der Waals surface area contributed by atoms with Crippen molar-refractivity contribution in [1.82, 2.24) is 9.97 Å². The average molecular weight is 334 g/mol. The number of rotatable bonds is 4. The van der Waals surface area contributed by atoms with E-state index in [1.807, 2.05) is 11.9 Å². The number of halogens is 1. The molecule has 122 valence electrons. The molecule has 0 unspecified atom stereocenters. The maximum Gasteiger partial charge on any atom is 0.223 e. The smallest absolute Gasteiger partial charge is 0.223 e. The van der Waals surface area contributed by atoms with Crippen LogP contribution in [0.5, 0.6) is 0 Å². The fourth-order valence-corrected chi connectivity index (χ4v) is 2.90. The summed E-state index contributed by atoms with van der Waals surface area (Å²) < 4.78 is 5.44. The number of nitrogens with zero attached hydrogens (tertiary/aromatic N) is 4. The maximum absolute atomic E-state index is 5.97. The Kier molecular flexibility index (Phi) is 4.83. The van der Waals surface area contributed by atoms with Gasteiger partial charge in [-0.25, -0.2) is 4.98 Å². The van der Waals surface area contributed by atoms with E-state index in [1.165, 1.54) is 11.3 Å². The molecule has 0 aliphatic carbocycles. The zero-order chi connectivity index (χ0) is 16.2. The third kappa shape index (κ3) is 3.83. The quantitative estimate of drug-likeness (QED) is 0.865. The fourth-order valence-electron chi connectivity index (χ4n) is 2.71. The number of para-hydroxylation sites is 1. The van der Waals surface area contributed by atoms with Gasteiger partial charge in [0.15, 0.2) is 0 Å². The van der Waals surface area contributed by atoms with Gasteiger partial charge in [0.05, 0.1) is 13.2 Å². The van der Waals surface area contributed by atoms with Crippen molar-refractivity contribution in [3.8, 4) is 0 Å². The molecule has 0 amide bonds. The molecule has 23 heavy (non-hydrogen) atoms. The van der Waals surface area contributed by atoms with Gasteiger partial charge in [-0.1, -0.05) is 29.8 Å². The van der Waals surface area contributed by atoms with Crippen molar-refractivity contribution in [2.45, 2.75) is 6.54 Å². The van der Waals surface area contributed by atoms with Crippen LogP contribution >= 0.6 is 11.6 Å². The second kappa shape index (κ2) is 7.02. The van der Waals surface area contributed by atoms with E-state index in [9.17, 15) is 0 Å². The van der Waals surface area contributed by atoms with Crippen molar-refractivity contribution in [3.05, 3.63) is 41.0 Å². The third-order valence-corrected chi connectivity index (χ3v) is 4.03. The minimum atomic E-state index is 0.181. The number of ether oxygens (including phenoxy) is 1. The highest BCUT2D eigenvalue weighted by molar-refractivity contribution is 6.29. The minimum Gasteiger partial charge on any atom is -0.378 e. The lowest BCUT2D eigenvalue weighted by molar-refractivity contribution is 0.122. The van der Waals surface area contributed by atoms with Crippen LogP contribution in [-0.2, 0) is 11.3 Å². The molecule has 1 aromatic heterocycles. The van der Waals surface area contributed by atoms with Gasteiger partial charge in [0.1, 0.15) is 11.0 Å². The molecule has 3 rings (SSSR count). The van der Waals surface area contributed by atoms with Crippen molar-refractivity contribution >= 4 is 29.1 Å². The van der Waals surface area contributed by atoms with Gasteiger partial charge >= 0.3 is 0 Å². The predicted octanol–water partition coefficient (Wildman–Crippen LogP) is 2.19. The van der Waals surface area contributed by atoms with E-state index in [1.54, 1.807) is 6.07 Å². The molecule has 0 spiro atoms. The summed E-state index contributed by atoms with van der Waals surface area (Å²) in [5.41, 5.74) is 8.14. The van der Waals surface area contributed by atoms with Crippen LogP contribution in [0.1, 0.15) is 5.56 Å². The molecule has 0 saturated carbocycles. The first-order valence-corrected chi connectivity index (χ1v) is 7.93. The summed E-state index contributed by atoms with van der Waals surface area (Å²) in [5, 5.41) is 0.348. The second-order valence-corrected chi connectivity index (χ2v) is 5.88. The first-order chi connectivity index (χ1) is 11.1. The van der Waals surface area contributed by atoms with Crippen molar-refractivity contribution in [1.29, 1.82) is 0 Å². The summed E-state index contributed by atoms with van der Waals surface area (Å²) in [6.07, 6.45) is 0. The minimum absolute atomic E-state index is 0.181. The standard InChI is InChI=1S/C16H20ClN5O/c1-21(15-10-14(17)19-16(18)20-15)11-12-4-2-3-5-13(12)22-6-8-23-9-7-22/h2-5,10H,6-9,11H2,1H3,(H2,18,19,20). The molecule has 2 aromatic rings. The second-order valence-electron chi connectivity index (χ2n) is 5.49. The zero-order valence-electron chi connectivity index (χ0n) is 13.1. The van der Waals surface area contributed by atoms with Gasteiger partial charge in [0.2, 0.25) is 5.95 Å². The Morgan fingerprint density at radius 3 is 2.74 bits per heavy atom. The molecule has 6 nitrogen and oxygen atoms in total. The molecule has 1 saturated heterocycles. The number of anilines is 3. The molecule has 1 aliphatic rings. The molecule has 0 radical (unpaired) electrons. The van der Waals surface area contributed by atoms with E-state index in [0.717, 1.165) is 26.3 Å². The van der Waals surface area contributed by atoms with E-state index in [-0.39, 0.29) is 5.95 Å². The molecule has 1 aromatic carbocycles. The number of hydrogen-bond acceptors (Lipinski definition) is 6. The van der Waals surface area contributed by atoms with Crippen LogP contribution in [0.25, 0.3) is 0 Å². The first kappa shape index (κ1) is 15.8. The number of hydrogen-bond donors (Lipinski definition) is 1. The lowest BCUT2D eigenvalue weighted by atomic mass is 10.1. The van der Waals surface area contributed by atoms with Gasteiger partial charge in [-0.15, -0.1) is 0 Å². The summed E-state index contributed by atoms with van der Waals surface area (Å²) in [6.45, 7) is 4.06. The van der Waals surface area contributed by atoms with Crippen molar-refractivity contribution < 1.29 is 4.74 Å². The normalized spacial score (nSPS) is 14.8. The maximum atomic E-state index is 5.97. The Morgan fingerprint density at radius 1 is 1.26 bits per heavy atom. The summed E-state index contributed by atoms with van der Waals surface area (Å²) in [6, 6.07) is 10.1. The molecule has 7 heteroatoms. The molecule has 2 heterocycles. The topological polar surface area (TPSA) is 67.5 Å². The number of nitrogens with two attached hydrogens (primary N) is 1.